The summed E-state index contributed by atoms with van der Waals surface area (Å²) in [5.74, 6) is 0.506. The van der Waals surface area contributed by atoms with Crippen LogP contribution in [0, 0.1) is 0 Å². The zero-order chi connectivity index (χ0) is 18.9. The lowest BCUT2D eigenvalue weighted by molar-refractivity contribution is -0.121. The molecule has 0 saturated heterocycles. The Morgan fingerprint density at radius 2 is 1.77 bits per heavy atom. The van der Waals surface area contributed by atoms with E-state index in [2.05, 4.69) is 26.6 Å². The molecule has 2 N–H and O–H groups in total. The Labute approximate surface area is 166 Å². The third kappa shape index (κ3) is 6.35. The van der Waals surface area contributed by atoms with Gasteiger partial charge < -0.3 is 15.4 Å². The molecular formula is C19H20BrClN2O3. The Morgan fingerprint density at radius 3 is 2.42 bits per heavy atom. The average Bonchev–Trinajstić information content (AvgIpc) is 2.64. The van der Waals surface area contributed by atoms with Crippen molar-refractivity contribution in [2.45, 2.75) is 12.8 Å². The fraction of sp³-hybridized carbons (Fsp3) is 0.263. The van der Waals surface area contributed by atoms with Gasteiger partial charge in [0.1, 0.15) is 5.75 Å². The lowest BCUT2D eigenvalue weighted by atomic mass is 10.1. The van der Waals surface area contributed by atoms with E-state index in [0.29, 0.717) is 36.5 Å². The van der Waals surface area contributed by atoms with Crippen LogP contribution in [0.1, 0.15) is 22.3 Å². The van der Waals surface area contributed by atoms with Gasteiger partial charge in [0.2, 0.25) is 5.91 Å². The molecule has 0 aliphatic heterocycles. The second kappa shape index (κ2) is 10.2. The van der Waals surface area contributed by atoms with Crippen molar-refractivity contribution in [1.82, 2.24) is 10.6 Å². The van der Waals surface area contributed by atoms with Gasteiger partial charge in [-0.3, -0.25) is 9.59 Å². The van der Waals surface area contributed by atoms with Gasteiger partial charge in [-0.05, 0) is 64.3 Å². The van der Waals surface area contributed by atoms with Crippen molar-refractivity contribution < 1.29 is 14.3 Å². The summed E-state index contributed by atoms with van der Waals surface area (Å²) < 4.78 is 6.04. The normalized spacial score (nSPS) is 10.3. The summed E-state index contributed by atoms with van der Waals surface area (Å²) in [6.07, 6.45) is 1.01. The number of ether oxygens (including phenoxy) is 1. The molecule has 0 saturated carbocycles. The summed E-state index contributed by atoms with van der Waals surface area (Å²) in [5, 5.41) is 6.13. The molecule has 2 aromatic rings. The summed E-state index contributed by atoms with van der Waals surface area (Å²) in [5.41, 5.74) is 1.58. The second-order valence-corrected chi connectivity index (χ2v) is 6.87. The molecule has 2 amide bonds. The summed E-state index contributed by atoms with van der Waals surface area (Å²) >= 11 is 9.22. The summed E-state index contributed by atoms with van der Waals surface area (Å²) in [7, 11) is 1.61. The van der Waals surface area contributed by atoms with Crippen molar-refractivity contribution in [2.24, 2.45) is 0 Å². The predicted molar refractivity (Wildman–Crippen MR) is 106 cm³/mol. The molecule has 26 heavy (non-hydrogen) atoms. The first kappa shape index (κ1) is 20.3. The SMILES string of the molecule is COc1ccc(CCC(=O)NCCNC(=O)c2ccc(Cl)cc2)cc1Br. The summed E-state index contributed by atoms with van der Waals surface area (Å²) in [6, 6.07) is 12.4. The molecule has 0 unspecified atom stereocenters. The molecule has 138 valence electrons. The highest BCUT2D eigenvalue weighted by atomic mass is 79.9. The van der Waals surface area contributed by atoms with Gasteiger partial charge in [-0.15, -0.1) is 0 Å². The molecule has 0 atom stereocenters. The first-order chi connectivity index (χ1) is 12.5. The largest absolute Gasteiger partial charge is 0.496 e. The van der Waals surface area contributed by atoms with Crippen molar-refractivity contribution in [3.63, 3.8) is 0 Å². The van der Waals surface area contributed by atoms with E-state index < -0.39 is 0 Å². The van der Waals surface area contributed by atoms with Crippen LogP contribution in [0.15, 0.2) is 46.9 Å². The van der Waals surface area contributed by atoms with E-state index in [0.717, 1.165) is 15.8 Å². The number of carbonyl (C=O) groups is 2. The van der Waals surface area contributed by atoms with Crippen LogP contribution >= 0.6 is 27.5 Å². The topological polar surface area (TPSA) is 67.4 Å². The van der Waals surface area contributed by atoms with E-state index in [9.17, 15) is 9.59 Å². The number of nitrogens with one attached hydrogen (secondary N) is 2. The quantitative estimate of drug-likeness (QED) is 0.618. The highest BCUT2D eigenvalue weighted by molar-refractivity contribution is 9.10. The number of hydrogen-bond donors (Lipinski definition) is 2. The van der Waals surface area contributed by atoms with Crippen molar-refractivity contribution in [3.05, 3.63) is 63.1 Å². The number of methoxy groups -OCH3 is 1. The molecule has 0 bridgehead atoms. The number of aryl methyl sites for hydroxylation is 1. The predicted octanol–water partition coefficient (Wildman–Crippen LogP) is 3.59. The van der Waals surface area contributed by atoms with Crippen LogP contribution < -0.4 is 15.4 Å². The van der Waals surface area contributed by atoms with E-state index >= 15 is 0 Å². The first-order valence-corrected chi connectivity index (χ1v) is 9.29. The van der Waals surface area contributed by atoms with Gasteiger partial charge in [-0.25, -0.2) is 0 Å². The maximum Gasteiger partial charge on any atom is 0.251 e. The standard InChI is InChI=1S/C19H20BrClN2O3/c1-26-17-8-2-13(12-16(17)20)3-9-18(24)22-10-11-23-19(25)14-4-6-15(21)7-5-14/h2,4-8,12H,3,9-11H2,1H3,(H,22,24)(H,23,25). The molecule has 7 heteroatoms. The average molecular weight is 440 g/mol. The molecular weight excluding hydrogens is 420 g/mol. The lowest BCUT2D eigenvalue weighted by Gasteiger charge is -2.08. The van der Waals surface area contributed by atoms with Crippen LogP contribution in [-0.2, 0) is 11.2 Å². The Bertz CT molecular complexity index is 766. The van der Waals surface area contributed by atoms with Crippen LogP contribution in [0.3, 0.4) is 0 Å². The third-order valence-electron chi connectivity index (χ3n) is 3.70. The van der Waals surface area contributed by atoms with Gasteiger partial charge in [-0.2, -0.15) is 0 Å². The van der Waals surface area contributed by atoms with E-state index in [4.69, 9.17) is 16.3 Å². The van der Waals surface area contributed by atoms with Gasteiger partial charge >= 0.3 is 0 Å². The fourth-order valence-electron chi connectivity index (χ4n) is 2.29. The van der Waals surface area contributed by atoms with Gasteiger partial charge in [0.15, 0.2) is 0 Å². The monoisotopic (exact) mass is 438 g/mol. The molecule has 0 radical (unpaired) electrons. The van der Waals surface area contributed by atoms with E-state index in [1.165, 1.54) is 0 Å². The number of benzene rings is 2. The molecule has 2 aromatic carbocycles. The molecule has 2 rings (SSSR count). The lowest BCUT2D eigenvalue weighted by Crippen LogP contribution is -2.34. The first-order valence-electron chi connectivity index (χ1n) is 8.12. The van der Waals surface area contributed by atoms with E-state index in [1.807, 2.05) is 18.2 Å². The molecule has 0 spiro atoms. The highest BCUT2D eigenvalue weighted by Gasteiger charge is 2.07. The maximum atomic E-state index is 11.9. The van der Waals surface area contributed by atoms with Crippen LogP contribution in [0.5, 0.6) is 5.75 Å². The van der Waals surface area contributed by atoms with Crippen LogP contribution in [0.25, 0.3) is 0 Å². The van der Waals surface area contributed by atoms with E-state index in [1.54, 1.807) is 31.4 Å². The van der Waals surface area contributed by atoms with Crippen molar-refractivity contribution in [3.8, 4) is 5.75 Å². The zero-order valence-corrected chi connectivity index (χ0v) is 16.7. The number of hydrogen-bond acceptors (Lipinski definition) is 3. The maximum absolute atomic E-state index is 11.9. The van der Waals surface area contributed by atoms with Crippen molar-refractivity contribution in [2.75, 3.05) is 20.2 Å². The Hall–Kier alpha value is -2.05. The van der Waals surface area contributed by atoms with Crippen molar-refractivity contribution >= 4 is 39.3 Å². The molecule has 0 aliphatic rings. The molecule has 0 fully saturated rings. The second-order valence-electron chi connectivity index (χ2n) is 5.58. The molecule has 5 nitrogen and oxygen atoms in total. The minimum Gasteiger partial charge on any atom is -0.496 e. The van der Waals surface area contributed by atoms with Gasteiger partial charge in [0, 0.05) is 30.1 Å². The summed E-state index contributed by atoms with van der Waals surface area (Å²) in [4.78, 5) is 23.8. The smallest absolute Gasteiger partial charge is 0.251 e. The Morgan fingerprint density at radius 1 is 1.08 bits per heavy atom. The van der Waals surface area contributed by atoms with Crippen LogP contribution in [0.4, 0.5) is 0 Å². The van der Waals surface area contributed by atoms with Crippen LogP contribution in [-0.4, -0.2) is 32.0 Å². The van der Waals surface area contributed by atoms with Crippen molar-refractivity contribution in [1.29, 1.82) is 0 Å². The Balaban J connectivity index is 1.66. The van der Waals surface area contributed by atoms with Gasteiger partial charge in [0.05, 0.1) is 11.6 Å². The number of carbonyl (C=O) groups excluding carboxylic acids is 2. The molecule has 0 aromatic heterocycles. The molecule has 0 heterocycles. The van der Waals surface area contributed by atoms with Crippen LogP contribution in [0.2, 0.25) is 5.02 Å². The van der Waals surface area contributed by atoms with Gasteiger partial charge in [0.25, 0.3) is 5.91 Å². The third-order valence-corrected chi connectivity index (χ3v) is 4.57. The minimum absolute atomic E-state index is 0.0577. The highest BCUT2D eigenvalue weighted by Crippen LogP contribution is 2.25. The minimum atomic E-state index is -0.195. The number of amides is 2. The fourth-order valence-corrected chi connectivity index (χ4v) is 3.01. The Kier molecular flexibility index (Phi) is 7.94. The molecule has 0 aliphatic carbocycles. The number of halogens is 2. The zero-order valence-electron chi connectivity index (χ0n) is 14.4. The van der Waals surface area contributed by atoms with E-state index in [-0.39, 0.29) is 11.8 Å². The summed E-state index contributed by atoms with van der Waals surface area (Å²) in [6.45, 7) is 0.742. The number of rotatable bonds is 8. The van der Waals surface area contributed by atoms with Gasteiger partial charge in [-0.1, -0.05) is 17.7 Å².